The highest BCUT2D eigenvalue weighted by Gasteiger charge is 2.21. The molecule has 1 N–H and O–H groups in total. The lowest BCUT2D eigenvalue weighted by molar-refractivity contribution is -0.134. The second-order valence-corrected chi connectivity index (χ2v) is 8.73. The molecule has 0 saturated heterocycles. The van der Waals surface area contributed by atoms with Gasteiger partial charge in [-0.3, -0.25) is 20.0 Å². The molecule has 188 valence electrons. The number of ether oxygens (including phenoxy) is 3. The Hall–Kier alpha value is -4.08. The fourth-order valence-electron chi connectivity index (χ4n) is 2.83. The first-order valence-corrected chi connectivity index (χ1v) is 10.8. The summed E-state index contributed by atoms with van der Waals surface area (Å²) in [6.45, 7) is 5.35. The van der Waals surface area contributed by atoms with Crippen LogP contribution in [0.2, 0.25) is 0 Å². The molecule has 0 atom stereocenters. The van der Waals surface area contributed by atoms with Crippen LogP contribution < -0.4 is 10.2 Å². The van der Waals surface area contributed by atoms with Gasteiger partial charge < -0.3 is 19.1 Å². The minimum Gasteiger partial charge on any atom is -0.489 e. The fraction of sp³-hybridized carbons (Fsp3) is 0.360. The highest BCUT2D eigenvalue weighted by molar-refractivity contribution is 5.89. The van der Waals surface area contributed by atoms with E-state index in [-0.39, 0.29) is 13.1 Å². The molecule has 0 radical (unpaired) electrons. The molecular formula is C25H31N3O7. The summed E-state index contributed by atoms with van der Waals surface area (Å²) < 4.78 is 15.6. The van der Waals surface area contributed by atoms with Gasteiger partial charge in [0.15, 0.2) is 0 Å². The third-order valence-corrected chi connectivity index (χ3v) is 4.54. The summed E-state index contributed by atoms with van der Waals surface area (Å²) in [6.07, 6.45) is -0.145. The molecule has 0 aromatic heterocycles. The van der Waals surface area contributed by atoms with Gasteiger partial charge in [0, 0.05) is 7.05 Å². The summed E-state index contributed by atoms with van der Waals surface area (Å²) in [5, 5.41) is 1.09. The first-order valence-electron chi connectivity index (χ1n) is 10.8. The predicted octanol–water partition coefficient (Wildman–Crippen LogP) is 2.91. The molecule has 0 unspecified atom stereocenters. The quantitative estimate of drug-likeness (QED) is 0.313. The van der Waals surface area contributed by atoms with Gasteiger partial charge in [-0.1, -0.05) is 24.3 Å². The average molecular weight is 486 g/mol. The Morgan fingerprint density at radius 3 is 2.11 bits per heavy atom. The normalized spacial score (nSPS) is 10.7. The molecule has 0 bridgehead atoms. The highest BCUT2D eigenvalue weighted by Crippen LogP contribution is 2.16. The molecule has 3 amide bonds. The lowest BCUT2D eigenvalue weighted by Crippen LogP contribution is -2.47. The summed E-state index contributed by atoms with van der Waals surface area (Å²) in [5.41, 5.74) is 3.88. The molecule has 0 heterocycles. The monoisotopic (exact) mass is 485 g/mol. The van der Waals surface area contributed by atoms with Crippen molar-refractivity contribution >= 4 is 24.4 Å². The van der Waals surface area contributed by atoms with Crippen molar-refractivity contribution in [3.8, 4) is 5.75 Å². The van der Waals surface area contributed by atoms with E-state index in [1.54, 1.807) is 69.3 Å². The topological polar surface area (TPSA) is 114 Å². The van der Waals surface area contributed by atoms with Crippen LogP contribution in [0, 0.1) is 0 Å². The van der Waals surface area contributed by atoms with Crippen molar-refractivity contribution in [2.75, 3.05) is 20.7 Å². The molecule has 2 aromatic carbocycles. The number of hydrogen-bond donors (Lipinski definition) is 1. The van der Waals surface area contributed by atoms with Gasteiger partial charge in [-0.05, 0) is 56.2 Å². The number of nitrogens with zero attached hydrogens (tertiary/aromatic N) is 2. The van der Waals surface area contributed by atoms with Gasteiger partial charge >= 0.3 is 12.1 Å². The molecule has 35 heavy (non-hydrogen) atoms. The van der Waals surface area contributed by atoms with Crippen LogP contribution in [0.3, 0.4) is 0 Å². The zero-order chi connectivity index (χ0) is 26.0. The minimum atomic E-state index is -0.679. The molecule has 0 spiro atoms. The van der Waals surface area contributed by atoms with E-state index in [1.165, 1.54) is 14.2 Å². The Labute approximate surface area is 204 Å². The van der Waals surface area contributed by atoms with Crippen molar-refractivity contribution in [2.45, 2.75) is 39.5 Å². The lowest BCUT2D eigenvalue weighted by atomic mass is 10.1. The van der Waals surface area contributed by atoms with E-state index in [4.69, 9.17) is 9.47 Å². The van der Waals surface area contributed by atoms with E-state index in [2.05, 4.69) is 10.2 Å². The Kier molecular flexibility index (Phi) is 9.63. The molecule has 2 rings (SSSR count). The summed E-state index contributed by atoms with van der Waals surface area (Å²) in [5.74, 6) is -0.321. The number of esters is 1. The molecule has 0 saturated carbocycles. The van der Waals surface area contributed by atoms with Crippen molar-refractivity contribution in [3.63, 3.8) is 0 Å². The largest absolute Gasteiger partial charge is 0.489 e. The van der Waals surface area contributed by atoms with Crippen molar-refractivity contribution < 1.29 is 33.4 Å². The first kappa shape index (κ1) is 27.2. The number of carbonyl (C=O) groups is 4. The average Bonchev–Trinajstić information content (AvgIpc) is 2.81. The molecular weight excluding hydrogens is 454 g/mol. The van der Waals surface area contributed by atoms with E-state index in [0.29, 0.717) is 24.3 Å². The Bertz CT molecular complexity index is 1010. The highest BCUT2D eigenvalue weighted by atomic mass is 16.6. The van der Waals surface area contributed by atoms with Gasteiger partial charge in [0.2, 0.25) is 6.41 Å². The number of nitrogens with one attached hydrogen (secondary N) is 1. The molecule has 10 heteroatoms. The van der Waals surface area contributed by atoms with Gasteiger partial charge in [-0.25, -0.2) is 9.59 Å². The number of hydrazine groups is 1. The molecule has 2 aromatic rings. The minimum absolute atomic E-state index is 0.126. The summed E-state index contributed by atoms with van der Waals surface area (Å²) >= 11 is 0. The third-order valence-electron chi connectivity index (χ3n) is 4.54. The third kappa shape index (κ3) is 9.36. The number of methoxy groups -OCH3 is 1. The van der Waals surface area contributed by atoms with Crippen molar-refractivity contribution in [3.05, 3.63) is 65.2 Å². The molecule has 0 aliphatic carbocycles. The fourth-order valence-corrected chi connectivity index (χ4v) is 2.83. The first-order chi connectivity index (χ1) is 16.5. The SMILES string of the molecule is COC(=O)c1ccc(COc2ccc(CN(C=O)NC(=O)CN(C)C(=O)OC(C)(C)C)cc2)cc1. The van der Waals surface area contributed by atoms with E-state index in [1.807, 2.05) is 0 Å². The Balaban J connectivity index is 1.84. The van der Waals surface area contributed by atoms with Crippen LogP contribution >= 0.6 is 0 Å². The van der Waals surface area contributed by atoms with E-state index < -0.39 is 23.6 Å². The number of amides is 3. The Morgan fingerprint density at radius 2 is 1.57 bits per heavy atom. The zero-order valence-corrected chi connectivity index (χ0v) is 20.6. The maximum Gasteiger partial charge on any atom is 0.410 e. The van der Waals surface area contributed by atoms with Crippen LogP contribution in [0.5, 0.6) is 5.75 Å². The van der Waals surface area contributed by atoms with Crippen molar-refractivity contribution in [1.82, 2.24) is 15.3 Å². The second kappa shape index (κ2) is 12.4. The predicted molar refractivity (Wildman–Crippen MR) is 127 cm³/mol. The second-order valence-electron chi connectivity index (χ2n) is 8.73. The van der Waals surface area contributed by atoms with Gasteiger partial charge in [0.25, 0.3) is 5.91 Å². The van der Waals surface area contributed by atoms with Gasteiger partial charge in [-0.15, -0.1) is 0 Å². The van der Waals surface area contributed by atoms with E-state index in [9.17, 15) is 19.2 Å². The number of carbonyl (C=O) groups excluding carboxylic acids is 4. The Morgan fingerprint density at radius 1 is 0.971 bits per heavy atom. The number of benzene rings is 2. The van der Waals surface area contributed by atoms with Gasteiger partial charge in [-0.2, -0.15) is 0 Å². The summed E-state index contributed by atoms with van der Waals surface area (Å²) in [4.78, 5) is 48.2. The van der Waals surface area contributed by atoms with Crippen LogP contribution in [0.15, 0.2) is 48.5 Å². The summed E-state index contributed by atoms with van der Waals surface area (Å²) in [7, 11) is 2.77. The van der Waals surface area contributed by atoms with E-state index >= 15 is 0 Å². The smallest absolute Gasteiger partial charge is 0.410 e. The van der Waals surface area contributed by atoms with Crippen LogP contribution in [0.25, 0.3) is 0 Å². The standard InChI is InChI=1S/C25H31N3O7/c1-25(2,3)35-24(32)27(4)15-22(30)26-28(17-29)14-18-8-12-21(13-9-18)34-16-19-6-10-20(11-7-19)23(31)33-5/h6-13,17H,14-16H2,1-5H3,(H,26,30). The number of hydrogen-bond acceptors (Lipinski definition) is 7. The molecule has 0 aliphatic rings. The van der Waals surface area contributed by atoms with Crippen LogP contribution in [-0.2, 0) is 32.2 Å². The lowest BCUT2D eigenvalue weighted by Gasteiger charge is -2.25. The number of rotatable bonds is 10. The molecule has 0 aliphatic heterocycles. The zero-order valence-electron chi connectivity index (χ0n) is 20.6. The van der Waals surface area contributed by atoms with Crippen molar-refractivity contribution in [1.29, 1.82) is 0 Å². The summed E-state index contributed by atoms with van der Waals surface area (Å²) in [6, 6.07) is 13.9. The van der Waals surface area contributed by atoms with Gasteiger partial charge in [0.1, 0.15) is 24.5 Å². The maximum absolute atomic E-state index is 12.2. The molecule has 10 nitrogen and oxygen atoms in total. The van der Waals surface area contributed by atoms with Gasteiger partial charge in [0.05, 0.1) is 19.2 Å². The maximum atomic E-state index is 12.2. The van der Waals surface area contributed by atoms with Crippen molar-refractivity contribution in [2.24, 2.45) is 0 Å². The van der Waals surface area contributed by atoms with Crippen LogP contribution in [0.4, 0.5) is 4.79 Å². The van der Waals surface area contributed by atoms with Crippen LogP contribution in [-0.4, -0.2) is 60.6 Å². The van der Waals surface area contributed by atoms with E-state index in [0.717, 1.165) is 21.0 Å². The molecule has 0 fully saturated rings. The number of likely N-dealkylation sites (N-methyl/N-ethyl adjacent to an activating group) is 1. The van der Waals surface area contributed by atoms with Crippen LogP contribution in [0.1, 0.15) is 42.3 Å².